The van der Waals surface area contributed by atoms with Crippen LogP contribution in [-0.2, 0) is 20.7 Å². The summed E-state index contributed by atoms with van der Waals surface area (Å²) >= 11 is 0. The Bertz CT molecular complexity index is 911. The Kier molecular flexibility index (Phi) is 6.95. The second kappa shape index (κ2) is 9.63. The molecule has 1 aliphatic rings. The van der Waals surface area contributed by atoms with Gasteiger partial charge in [0.25, 0.3) is 0 Å². The summed E-state index contributed by atoms with van der Waals surface area (Å²) in [5.41, 5.74) is 3.91. The molecule has 0 saturated heterocycles. The third kappa shape index (κ3) is 4.91. The van der Waals surface area contributed by atoms with Crippen LogP contribution >= 0.6 is 0 Å². The monoisotopic (exact) mass is 412 g/mol. The molecule has 1 amide bonds. The fourth-order valence-electron chi connectivity index (χ4n) is 3.77. The van der Waals surface area contributed by atoms with Gasteiger partial charge in [-0.25, -0.2) is 0 Å². The van der Waals surface area contributed by atoms with Crippen molar-refractivity contribution in [1.29, 1.82) is 0 Å². The molecular formula is C23H28N2O5. The van der Waals surface area contributed by atoms with Gasteiger partial charge < -0.3 is 19.5 Å². The number of anilines is 1. The van der Waals surface area contributed by atoms with Crippen LogP contribution in [0.15, 0.2) is 36.4 Å². The summed E-state index contributed by atoms with van der Waals surface area (Å²) in [6.07, 6.45) is 0.891. The van der Waals surface area contributed by atoms with E-state index < -0.39 is 0 Å². The Morgan fingerprint density at radius 1 is 1.07 bits per heavy atom. The first-order valence-corrected chi connectivity index (χ1v) is 9.87. The fraction of sp³-hybridized carbons (Fsp3) is 0.391. The van der Waals surface area contributed by atoms with E-state index in [4.69, 9.17) is 14.2 Å². The van der Waals surface area contributed by atoms with Crippen LogP contribution in [0.3, 0.4) is 0 Å². The average Bonchev–Trinajstić information content (AvgIpc) is 2.75. The number of rotatable bonds is 7. The van der Waals surface area contributed by atoms with E-state index in [2.05, 4.69) is 5.32 Å². The van der Waals surface area contributed by atoms with Crippen LogP contribution in [0.4, 0.5) is 5.69 Å². The topological polar surface area (TPSA) is 77.1 Å². The Hall–Kier alpha value is -3.06. The van der Waals surface area contributed by atoms with Gasteiger partial charge in [-0.3, -0.25) is 14.5 Å². The van der Waals surface area contributed by atoms with E-state index >= 15 is 0 Å². The molecule has 7 nitrogen and oxygen atoms in total. The molecule has 1 aliphatic heterocycles. The van der Waals surface area contributed by atoms with Crippen LogP contribution < -0.4 is 14.8 Å². The van der Waals surface area contributed by atoms with E-state index in [1.165, 1.54) is 7.11 Å². The molecule has 0 fully saturated rings. The molecule has 160 valence electrons. The zero-order valence-electron chi connectivity index (χ0n) is 17.9. The number of ether oxygens (including phenoxy) is 3. The first-order valence-electron chi connectivity index (χ1n) is 9.87. The minimum absolute atomic E-state index is 0.127. The minimum Gasteiger partial charge on any atom is -0.493 e. The lowest BCUT2D eigenvalue weighted by atomic mass is 9.90. The van der Waals surface area contributed by atoms with Crippen LogP contribution in [0.5, 0.6) is 11.5 Å². The Morgan fingerprint density at radius 2 is 1.73 bits per heavy atom. The van der Waals surface area contributed by atoms with Crippen molar-refractivity contribution in [2.45, 2.75) is 25.8 Å². The maximum atomic E-state index is 12.7. The number of esters is 1. The summed E-state index contributed by atoms with van der Waals surface area (Å²) in [5.74, 6) is 0.792. The van der Waals surface area contributed by atoms with E-state index in [9.17, 15) is 9.59 Å². The van der Waals surface area contributed by atoms with Gasteiger partial charge >= 0.3 is 5.97 Å². The summed E-state index contributed by atoms with van der Waals surface area (Å²) in [6.45, 7) is 2.81. The minimum atomic E-state index is -0.327. The quantitative estimate of drug-likeness (QED) is 0.704. The number of hydrogen-bond acceptors (Lipinski definition) is 6. The molecule has 0 aliphatic carbocycles. The van der Waals surface area contributed by atoms with Crippen LogP contribution in [-0.4, -0.2) is 51.2 Å². The number of benzene rings is 2. The molecule has 30 heavy (non-hydrogen) atoms. The zero-order valence-corrected chi connectivity index (χ0v) is 17.9. The number of nitrogens with one attached hydrogen (secondary N) is 1. The third-order valence-electron chi connectivity index (χ3n) is 5.38. The Labute approximate surface area is 176 Å². The first-order chi connectivity index (χ1) is 14.4. The summed E-state index contributed by atoms with van der Waals surface area (Å²) in [5, 5.41) is 2.93. The summed E-state index contributed by atoms with van der Waals surface area (Å²) in [6, 6.07) is 11.2. The Balaban J connectivity index is 1.84. The van der Waals surface area contributed by atoms with Crippen molar-refractivity contribution in [3.8, 4) is 11.5 Å². The molecule has 3 rings (SSSR count). The van der Waals surface area contributed by atoms with Gasteiger partial charge in [-0.05, 0) is 48.7 Å². The maximum absolute atomic E-state index is 12.7. The zero-order chi connectivity index (χ0) is 21.7. The number of carbonyl (C=O) groups excluding carboxylic acids is 2. The van der Waals surface area contributed by atoms with E-state index in [1.54, 1.807) is 14.2 Å². The molecule has 0 saturated carbocycles. The van der Waals surface area contributed by atoms with Gasteiger partial charge in [-0.15, -0.1) is 0 Å². The normalized spacial score (nSPS) is 15.8. The van der Waals surface area contributed by atoms with E-state index in [1.807, 2.05) is 48.2 Å². The van der Waals surface area contributed by atoms with Crippen molar-refractivity contribution >= 4 is 17.6 Å². The molecule has 1 N–H and O–H groups in total. The number of amides is 1. The SMILES string of the molecule is COC(=O)C[C@@H]1c2cc(OC)c(OC)cc2CCN1CC(=O)Nc1ccc(C)cc1. The van der Waals surface area contributed by atoms with E-state index in [-0.39, 0.29) is 30.9 Å². The van der Waals surface area contributed by atoms with Crippen molar-refractivity contribution in [2.24, 2.45) is 0 Å². The van der Waals surface area contributed by atoms with Crippen molar-refractivity contribution < 1.29 is 23.8 Å². The van der Waals surface area contributed by atoms with Gasteiger partial charge in [0.15, 0.2) is 11.5 Å². The number of fused-ring (bicyclic) bond motifs is 1. The van der Waals surface area contributed by atoms with Crippen LogP contribution in [0.25, 0.3) is 0 Å². The highest BCUT2D eigenvalue weighted by molar-refractivity contribution is 5.92. The number of carbonyl (C=O) groups is 2. The van der Waals surface area contributed by atoms with Gasteiger partial charge in [0.2, 0.25) is 5.91 Å². The van der Waals surface area contributed by atoms with E-state index in [0.717, 1.165) is 28.8 Å². The molecule has 0 spiro atoms. The van der Waals surface area contributed by atoms with Gasteiger partial charge in [0.1, 0.15) is 0 Å². The molecule has 0 aromatic heterocycles. The first kappa shape index (κ1) is 21.6. The van der Waals surface area contributed by atoms with Crippen molar-refractivity contribution in [2.75, 3.05) is 39.7 Å². The van der Waals surface area contributed by atoms with Crippen LogP contribution in [0.1, 0.15) is 29.2 Å². The predicted molar refractivity (Wildman–Crippen MR) is 114 cm³/mol. The highest BCUT2D eigenvalue weighted by Gasteiger charge is 2.32. The predicted octanol–water partition coefficient (Wildman–Crippen LogP) is 3.11. The van der Waals surface area contributed by atoms with E-state index in [0.29, 0.717) is 18.0 Å². The van der Waals surface area contributed by atoms with Crippen LogP contribution in [0.2, 0.25) is 0 Å². The molecule has 2 aromatic carbocycles. The highest BCUT2D eigenvalue weighted by atomic mass is 16.5. The smallest absolute Gasteiger partial charge is 0.307 e. The lowest BCUT2D eigenvalue weighted by Crippen LogP contribution is -2.41. The molecule has 7 heteroatoms. The summed E-state index contributed by atoms with van der Waals surface area (Å²) in [7, 11) is 4.55. The second-order valence-corrected chi connectivity index (χ2v) is 7.34. The standard InChI is InChI=1S/C23H28N2O5/c1-15-5-7-17(8-6-15)24-22(26)14-25-10-9-16-11-20(28-2)21(29-3)12-18(16)19(25)13-23(27)30-4/h5-8,11-12,19H,9-10,13-14H2,1-4H3,(H,24,26)/t19-/m1/s1. The lowest BCUT2D eigenvalue weighted by molar-refractivity contribution is -0.142. The molecule has 0 radical (unpaired) electrons. The summed E-state index contributed by atoms with van der Waals surface area (Å²) in [4.78, 5) is 26.8. The third-order valence-corrected chi connectivity index (χ3v) is 5.38. The average molecular weight is 412 g/mol. The Morgan fingerprint density at radius 3 is 2.37 bits per heavy atom. The highest BCUT2D eigenvalue weighted by Crippen LogP contribution is 2.39. The molecule has 1 heterocycles. The van der Waals surface area contributed by atoms with Crippen molar-refractivity contribution in [1.82, 2.24) is 4.90 Å². The van der Waals surface area contributed by atoms with Gasteiger partial charge in [-0.1, -0.05) is 17.7 Å². The van der Waals surface area contributed by atoms with Crippen molar-refractivity contribution in [3.63, 3.8) is 0 Å². The van der Waals surface area contributed by atoms with Gasteiger partial charge in [-0.2, -0.15) is 0 Å². The van der Waals surface area contributed by atoms with Crippen LogP contribution in [0, 0.1) is 6.92 Å². The van der Waals surface area contributed by atoms with Crippen molar-refractivity contribution in [3.05, 3.63) is 53.1 Å². The molecule has 2 aromatic rings. The fourth-order valence-corrected chi connectivity index (χ4v) is 3.77. The molecular weight excluding hydrogens is 384 g/mol. The molecule has 1 atom stereocenters. The number of hydrogen-bond donors (Lipinski definition) is 1. The largest absolute Gasteiger partial charge is 0.493 e. The maximum Gasteiger partial charge on any atom is 0.307 e. The number of nitrogens with zero attached hydrogens (tertiary/aromatic N) is 1. The number of methoxy groups -OCH3 is 3. The molecule has 0 bridgehead atoms. The van der Waals surface area contributed by atoms with Gasteiger partial charge in [0, 0.05) is 18.3 Å². The summed E-state index contributed by atoms with van der Waals surface area (Å²) < 4.78 is 15.8. The molecule has 0 unspecified atom stereocenters. The number of aryl methyl sites for hydroxylation is 1. The lowest BCUT2D eigenvalue weighted by Gasteiger charge is -2.36. The second-order valence-electron chi connectivity index (χ2n) is 7.34. The van der Waals surface area contributed by atoms with Gasteiger partial charge in [0.05, 0.1) is 34.3 Å².